The Bertz CT molecular complexity index is 186. The lowest BCUT2D eigenvalue weighted by atomic mass is 9.90. The Labute approximate surface area is 64.9 Å². The van der Waals surface area contributed by atoms with Gasteiger partial charge in [-0.25, -0.2) is 9.79 Å². The van der Waals surface area contributed by atoms with Gasteiger partial charge in [0.05, 0.1) is 13.0 Å². The van der Waals surface area contributed by atoms with Crippen molar-refractivity contribution >= 4 is 12.0 Å². The molecule has 0 saturated carbocycles. The number of carbonyl (C=O) groups excluding carboxylic acids is 1. The second-order valence-electron chi connectivity index (χ2n) is 3.14. The Morgan fingerprint density at radius 3 is 2.55 bits per heavy atom. The Hall–Kier alpha value is -1.15. The molecule has 0 atom stereocenters. The van der Waals surface area contributed by atoms with Crippen LogP contribution in [0.1, 0.15) is 20.3 Å². The van der Waals surface area contributed by atoms with Crippen LogP contribution < -0.4 is 0 Å². The lowest BCUT2D eigenvalue weighted by Gasteiger charge is -2.17. The van der Waals surface area contributed by atoms with Crippen molar-refractivity contribution in [1.29, 1.82) is 0 Å². The molecule has 0 aromatic carbocycles. The van der Waals surface area contributed by atoms with Crippen LogP contribution in [0.15, 0.2) is 4.99 Å². The van der Waals surface area contributed by atoms with E-state index in [9.17, 15) is 9.59 Å². The SMILES string of the molecule is CC(C)(CN=C=O)CC(=O)O. The van der Waals surface area contributed by atoms with Crippen molar-refractivity contribution < 1.29 is 14.7 Å². The summed E-state index contributed by atoms with van der Waals surface area (Å²) in [7, 11) is 0. The van der Waals surface area contributed by atoms with Crippen LogP contribution in [0.2, 0.25) is 0 Å². The molecule has 1 N–H and O–H groups in total. The molecular formula is C7H11NO3. The van der Waals surface area contributed by atoms with E-state index in [0.717, 1.165) is 0 Å². The molecule has 11 heavy (non-hydrogen) atoms. The monoisotopic (exact) mass is 157 g/mol. The third kappa shape index (κ3) is 5.30. The van der Waals surface area contributed by atoms with Gasteiger partial charge in [-0.15, -0.1) is 0 Å². The summed E-state index contributed by atoms with van der Waals surface area (Å²) >= 11 is 0. The number of rotatable bonds is 4. The van der Waals surface area contributed by atoms with Crippen molar-refractivity contribution in [3.63, 3.8) is 0 Å². The maximum atomic E-state index is 10.2. The fraction of sp³-hybridized carbons (Fsp3) is 0.714. The molecule has 62 valence electrons. The average Bonchev–Trinajstić information content (AvgIpc) is 1.81. The van der Waals surface area contributed by atoms with E-state index in [4.69, 9.17) is 5.11 Å². The number of hydrogen-bond acceptors (Lipinski definition) is 3. The van der Waals surface area contributed by atoms with Crippen LogP contribution in [0.5, 0.6) is 0 Å². The van der Waals surface area contributed by atoms with E-state index < -0.39 is 11.4 Å². The van der Waals surface area contributed by atoms with Crippen molar-refractivity contribution in [2.75, 3.05) is 6.54 Å². The summed E-state index contributed by atoms with van der Waals surface area (Å²) in [6.07, 6.45) is 1.39. The summed E-state index contributed by atoms with van der Waals surface area (Å²) in [6, 6.07) is 0. The van der Waals surface area contributed by atoms with Gasteiger partial charge in [0, 0.05) is 0 Å². The van der Waals surface area contributed by atoms with E-state index in [2.05, 4.69) is 4.99 Å². The Kier molecular flexibility index (Phi) is 3.48. The molecule has 0 aromatic rings. The van der Waals surface area contributed by atoms with E-state index >= 15 is 0 Å². The molecule has 0 radical (unpaired) electrons. The second-order valence-corrected chi connectivity index (χ2v) is 3.14. The van der Waals surface area contributed by atoms with Crippen molar-refractivity contribution in [2.24, 2.45) is 10.4 Å². The number of carboxylic acid groups (broad SMARTS) is 1. The number of carboxylic acids is 1. The summed E-state index contributed by atoms with van der Waals surface area (Å²) in [5.74, 6) is -0.879. The van der Waals surface area contributed by atoms with E-state index in [1.807, 2.05) is 0 Å². The lowest BCUT2D eigenvalue weighted by molar-refractivity contribution is -0.139. The van der Waals surface area contributed by atoms with Crippen LogP contribution in [0.25, 0.3) is 0 Å². The van der Waals surface area contributed by atoms with Crippen molar-refractivity contribution in [2.45, 2.75) is 20.3 Å². The summed E-state index contributed by atoms with van der Waals surface area (Å²) in [5.41, 5.74) is -0.455. The molecule has 0 saturated heterocycles. The molecule has 0 heterocycles. The number of isocyanates is 1. The van der Waals surface area contributed by atoms with Gasteiger partial charge in [-0.2, -0.15) is 0 Å². The van der Waals surface area contributed by atoms with Gasteiger partial charge >= 0.3 is 5.97 Å². The molecular weight excluding hydrogens is 146 g/mol. The highest BCUT2D eigenvalue weighted by atomic mass is 16.4. The smallest absolute Gasteiger partial charge is 0.303 e. The van der Waals surface area contributed by atoms with Crippen molar-refractivity contribution in [3.8, 4) is 0 Å². The molecule has 0 aliphatic rings. The third-order valence-electron chi connectivity index (χ3n) is 1.20. The van der Waals surface area contributed by atoms with Crippen LogP contribution in [0.3, 0.4) is 0 Å². The zero-order chi connectivity index (χ0) is 8.91. The Balaban J connectivity index is 3.98. The van der Waals surface area contributed by atoms with Gasteiger partial charge in [0.25, 0.3) is 0 Å². The van der Waals surface area contributed by atoms with Crippen LogP contribution in [0.4, 0.5) is 0 Å². The van der Waals surface area contributed by atoms with Gasteiger partial charge in [0.2, 0.25) is 6.08 Å². The van der Waals surface area contributed by atoms with Gasteiger partial charge < -0.3 is 5.11 Å². The molecule has 0 aromatic heterocycles. The van der Waals surface area contributed by atoms with Gasteiger partial charge in [-0.05, 0) is 5.41 Å². The predicted octanol–water partition coefficient (Wildman–Crippen LogP) is 0.823. The molecule has 0 spiro atoms. The zero-order valence-electron chi connectivity index (χ0n) is 6.63. The maximum Gasteiger partial charge on any atom is 0.303 e. The van der Waals surface area contributed by atoms with Gasteiger partial charge in [-0.3, -0.25) is 4.79 Å². The molecule has 0 unspecified atom stereocenters. The van der Waals surface area contributed by atoms with Crippen molar-refractivity contribution in [1.82, 2.24) is 0 Å². The minimum Gasteiger partial charge on any atom is -0.481 e. The number of aliphatic carboxylic acids is 1. The quantitative estimate of drug-likeness (QED) is 0.485. The number of nitrogens with zero attached hydrogens (tertiary/aromatic N) is 1. The van der Waals surface area contributed by atoms with Gasteiger partial charge in [0.1, 0.15) is 0 Å². The zero-order valence-corrected chi connectivity index (χ0v) is 6.63. The minimum absolute atomic E-state index is 0.0121. The van der Waals surface area contributed by atoms with E-state index in [1.165, 1.54) is 6.08 Å². The van der Waals surface area contributed by atoms with Gasteiger partial charge in [0.15, 0.2) is 0 Å². The van der Waals surface area contributed by atoms with Crippen LogP contribution in [0, 0.1) is 5.41 Å². The molecule has 0 aliphatic carbocycles. The molecule has 0 rings (SSSR count). The first-order valence-corrected chi connectivity index (χ1v) is 3.23. The van der Waals surface area contributed by atoms with E-state index in [1.54, 1.807) is 13.8 Å². The molecule has 4 heteroatoms. The maximum absolute atomic E-state index is 10.2. The van der Waals surface area contributed by atoms with Crippen LogP contribution in [-0.4, -0.2) is 23.7 Å². The first-order valence-electron chi connectivity index (χ1n) is 3.23. The second kappa shape index (κ2) is 3.88. The topological polar surface area (TPSA) is 66.7 Å². The molecule has 0 bridgehead atoms. The summed E-state index contributed by atoms with van der Waals surface area (Å²) < 4.78 is 0. The summed E-state index contributed by atoms with van der Waals surface area (Å²) in [4.78, 5) is 23.3. The van der Waals surface area contributed by atoms with Crippen LogP contribution >= 0.6 is 0 Å². The third-order valence-corrected chi connectivity index (χ3v) is 1.20. The fourth-order valence-corrected chi connectivity index (χ4v) is 0.712. The first-order chi connectivity index (χ1) is 4.98. The highest BCUT2D eigenvalue weighted by Crippen LogP contribution is 2.19. The number of hydrogen-bond donors (Lipinski definition) is 1. The summed E-state index contributed by atoms with van der Waals surface area (Å²) in [6.45, 7) is 3.69. The predicted molar refractivity (Wildman–Crippen MR) is 39.0 cm³/mol. The van der Waals surface area contributed by atoms with Crippen molar-refractivity contribution in [3.05, 3.63) is 0 Å². The Morgan fingerprint density at radius 1 is 1.64 bits per heavy atom. The number of aliphatic imine (C=N–C) groups is 1. The standard InChI is InChI=1S/C7H11NO3/c1-7(2,3-6(10)11)4-8-5-9/h3-4H2,1-2H3,(H,10,11). The number of carbonyl (C=O) groups is 1. The average molecular weight is 157 g/mol. The Morgan fingerprint density at radius 2 is 2.18 bits per heavy atom. The first kappa shape index (κ1) is 9.85. The minimum atomic E-state index is -0.879. The van der Waals surface area contributed by atoms with E-state index in [-0.39, 0.29) is 13.0 Å². The molecule has 0 fully saturated rings. The molecule has 4 nitrogen and oxygen atoms in total. The fourth-order valence-electron chi connectivity index (χ4n) is 0.712. The largest absolute Gasteiger partial charge is 0.481 e. The van der Waals surface area contributed by atoms with Crippen LogP contribution in [-0.2, 0) is 9.59 Å². The lowest BCUT2D eigenvalue weighted by Crippen LogP contribution is -2.19. The molecule has 0 amide bonds. The molecule has 0 aliphatic heterocycles. The van der Waals surface area contributed by atoms with Gasteiger partial charge in [-0.1, -0.05) is 13.8 Å². The normalized spacial score (nSPS) is 10.4. The summed E-state index contributed by atoms with van der Waals surface area (Å²) in [5, 5.41) is 8.41. The van der Waals surface area contributed by atoms with E-state index in [0.29, 0.717) is 0 Å². The highest BCUT2D eigenvalue weighted by molar-refractivity contribution is 5.67. The highest BCUT2D eigenvalue weighted by Gasteiger charge is 2.20.